The predicted molar refractivity (Wildman–Crippen MR) is 86.8 cm³/mol. The second-order valence-corrected chi connectivity index (χ2v) is 9.25. The van der Waals surface area contributed by atoms with Crippen molar-refractivity contribution in [3.63, 3.8) is 0 Å². The van der Waals surface area contributed by atoms with Gasteiger partial charge >= 0.3 is 11.9 Å². The van der Waals surface area contributed by atoms with Crippen LogP contribution >= 0.6 is 0 Å². The fourth-order valence-corrected chi connectivity index (χ4v) is 2.76. The molecule has 0 aromatic rings. The highest BCUT2D eigenvalue weighted by atomic mass is 17.2. The molecule has 0 bridgehead atoms. The van der Waals surface area contributed by atoms with Gasteiger partial charge in [-0.3, -0.25) is 9.59 Å². The minimum absolute atomic E-state index is 0.0833. The van der Waals surface area contributed by atoms with Crippen molar-refractivity contribution in [2.75, 3.05) is 13.2 Å². The van der Waals surface area contributed by atoms with Crippen LogP contribution in [-0.2, 0) is 28.8 Å². The largest absolute Gasteiger partial charge is 0.465 e. The second kappa shape index (κ2) is 7.00. The lowest BCUT2D eigenvalue weighted by Crippen LogP contribution is -2.59. The van der Waals surface area contributed by atoms with E-state index in [9.17, 15) is 9.59 Å². The molecule has 1 saturated heterocycles. The monoisotopic (exact) mass is 342 g/mol. The van der Waals surface area contributed by atoms with Crippen molar-refractivity contribution in [2.24, 2.45) is 22.7 Å². The smallest absolute Gasteiger partial charge is 0.311 e. The van der Waals surface area contributed by atoms with Crippen molar-refractivity contribution in [3.8, 4) is 0 Å². The molecule has 0 radical (unpaired) electrons. The molecule has 2 aliphatic rings. The van der Waals surface area contributed by atoms with Crippen LogP contribution < -0.4 is 0 Å². The van der Waals surface area contributed by atoms with Gasteiger partial charge in [-0.2, -0.15) is 0 Å². The van der Waals surface area contributed by atoms with Crippen LogP contribution in [0.1, 0.15) is 54.4 Å². The summed E-state index contributed by atoms with van der Waals surface area (Å²) in [5.41, 5.74) is -0.167. The summed E-state index contributed by atoms with van der Waals surface area (Å²) in [4.78, 5) is 34.8. The Kier molecular flexibility index (Phi) is 5.60. The first kappa shape index (κ1) is 19.2. The highest BCUT2D eigenvalue weighted by Gasteiger charge is 2.55. The average molecular weight is 342 g/mol. The second-order valence-electron chi connectivity index (χ2n) is 9.25. The molecule has 138 valence electrons. The third-order valence-corrected chi connectivity index (χ3v) is 4.08. The molecule has 0 amide bonds. The first-order chi connectivity index (χ1) is 11.0. The minimum Gasteiger partial charge on any atom is -0.465 e. The Morgan fingerprint density at radius 3 is 1.38 bits per heavy atom. The van der Waals surface area contributed by atoms with E-state index < -0.39 is 12.2 Å². The van der Waals surface area contributed by atoms with E-state index in [1.165, 1.54) is 0 Å². The molecular weight excluding hydrogens is 312 g/mol. The maximum atomic E-state index is 12.3. The molecule has 4 unspecified atom stereocenters. The van der Waals surface area contributed by atoms with E-state index in [1.54, 1.807) is 0 Å². The highest BCUT2D eigenvalue weighted by molar-refractivity contribution is 5.77. The molecular formula is C18H30O6. The standard InChI is InChI=1S/C18H30O6/c1-17(2,3)9-21-15(19)11-7-8-12(14-13(11)23-24-14)16(20)22-10-18(4,5)6/h11-14H,7-10H2,1-6H3. The van der Waals surface area contributed by atoms with Crippen LogP contribution in [0.2, 0.25) is 0 Å². The Morgan fingerprint density at radius 2 is 1.12 bits per heavy atom. The summed E-state index contributed by atoms with van der Waals surface area (Å²) in [6.07, 6.45) is 0.253. The van der Waals surface area contributed by atoms with Gasteiger partial charge in [0.2, 0.25) is 0 Å². The van der Waals surface area contributed by atoms with E-state index in [1.807, 2.05) is 41.5 Å². The van der Waals surface area contributed by atoms with Crippen molar-refractivity contribution in [3.05, 3.63) is 0 Å². The zero-order chi connectivity index (χ0) is 18.1. The van der Waals surface area contributed by atoms with Crippen molar-refractivity contribution < 1.29 is 28.8 Å². The van der Waals surface area contributed by atoms with E-state index >= 15 is 0 Å². The number of rotatable bonds is 4. The fourth-order valence-electron chi connectivity index (χ4n) is 2.76. The van der Waals surface area contributed by atoms with Crippen LogP contribution in [0.15, 0.2) is 0 Å². The van der Waals surface area contributed by atoms with Gasteiger partial charge in [0, 0.05) is 0 Å². The molecule has 2 rings (SSSR count). The van der Waals surface area contributed by atoms with Gasteiger partial charge in [-0.1, -0.05) is 41.5 Å². The number of hydrogen-bond acceptors (Lipinski definition) is 6. The number of carbonyl (C=O) groups excluding carboxylic acids is 2. The Labute approximate surface area is 144 Å². The Hall–Kier alpha value is -1.14. The Bertz CT molecular complexity index is 429. The fraction of sp³-hybridized carbons (Fsp3) is 0.889. The zero-order valence-electron chi connectivity index (χ0n) is 15.6. The van der Waals surface area contributed by atoms with E-state index in [4.69, 9.17) is 19.2 Å². The van der Waals surface area contributed by atoms with Gasteiger partial charge in [0.15, 0.2) is 0 Å². The third kappa shape index (κ3) is 4.93. The molecule has 1 aliphatic carbocycles. The number of fused-ring (bicyclic) bond motifs is 1. The van der Waals surface area contributed by atoms with Crippen molar-refractivity contribution in [1.82, 2.24) is 0 Å². The van der Waals surface area contributed by atoms with Crippen molar-refractivity contribution in [1.29, 1.82) is 0 Å². The molecule has 24 heavy (non-hydrogen) atoms. The van der Waals surface area contributed by atoms with Gasteiger partial charge in [0.05, 0.1) is 25.0 Å². The van der Waals surface area contributed by atoms with Gasteiger partial charge in [-0.05, 0) is 23.7 Å². The van der Waals surface area contributed by atoms with E-state index in [-0.39, 0.29) is 34.6 Å². The summed E-state index contributed by atoms with van der Waals surface area (Å²) in [6, 6.07) is 0. The lowest BCUT2D eigenvalue weighted by Gasteiger charge is -2.45. The average Bonchev–Trinajstić information content (AvgIpc) is 2.41. The molecule has 4 atom stereocenters. The summed E-state index contributed by atoms with van der Waals surface area (Å²) in [6.45, 7) is 12.8. The Balaban J connectivity index is 1.89. The summed E-state index contributed by atoms with van der Waals surface area (Å²) >= 11 is 0. The van der Waals surface area contributed by atoms with Gasteiger partial charge in [0.25, 0.3) is 0 Å². The molecule has 1 saturated carbocycles. The van der Waals surface area contributed by atoms with Crippen LogP contribution in [0.3, 0.4) is 0 Å². The van der Waals surface area contributed by atoms with E-state index in [0.717, 1.165) is 0 Å². The van der Waals surface area contributed by atoms with Gasteiger partial charge < -0.3 is 9.47 Å². The molecule has 1 aliphatic heterocycles. The number of carbonyl (C=O) groups is 2. The van der Waals surface area contributed by atoms with Gasteiger partial charge in [-0.25, -0.2) is 9.78 Å². The van der Waals surface area contributed by atoms with Crippen LogP contribution in [0.5, 0.6) is 0 Å². The van der Waals surface area contributed by atoms with E-state index in [2.05, 4.69) is 0 Å². The SMILES string of the molecule is CC(C)(C)COC(=O)C1CCC(C(=O)OCC(C)(C)C)C2OOC12. The lowest BCUT2D eigenvalue weighted by atomic mass is 9.76. The predicted octanol–water partition coefficient (Wildman–Crippen LogP) is 2.89. The topological polar surface area (TPSA) is 71.1 Å². The van der Waals surface area contributed by atoms with E-state index in [0.29, 0.717) is 26.1 Å². The first-order valence-corrected chi connectivity index (χ1v) is 8.63. The summed E-state index contributed by atoms with van der Waals surface area (Å²) in [7, 11) is 0. The quantitative estimate of drug-likeness (QED) is 0.578. The number of esters is 2. The number of ether oxygens (including phenoxy) is 2. The van der Waals surface area contributed by atoms with Crippen molar-refractivity contribution in [2.45, 2.75) is 66.6 Å². The third-order valence-electron chi connectivity index (χ3n) is 4.08. The van der Waals surface area contributed by atoms with Crippen LogP contribution in [0.25, 0.3) is 0 Å². The zero-order valence-corrected chi connectivity index (χ0v) is 15.6. The van der Waals surface area contributed by atoms with Crippen LogP contribution in [0, 0.1) is 22.7 Å². The normalized spacial score (nSPS) is 30.1. The maximum absolute atomic E-state index is 12.3. The lowest BCUT2D eigenvalue weighted by molar-refractivity contribution is -0.485. The molecule has 1 heterocycles. The summed E-state index contributed by atoms with van der Waals surface area (Å²) < 4.78 is 10.8. The molecule has 0 aromatic carbocycles. The molecule has 0 aromatic heterocycles. The molecule has 2 fully saturated rings. The Morgan fingerprint density at radius 1 is 0.792 bits per heavy atom. The molecule has 0 spiro atoms. The number of hydrogen-bond donors (Lipinski definition) is 0. The molecule has 6 heteroatoms. The highest BCUT2D eigenvalue weighted by Crippen LogP contribution is 2.41. The first-order valence-electron chi connectivity index (χ1n) is 8.63. The van der Waals surface area contributed by atoms with Crippen molar-refractivity contribution >= 4 is 11.9 Å². The van der Waals surface area contributed by atoms with Gasteiger partial charge in [-0.15, -0.1) is 0 Å². The van der Waals surface area contributed by atoms with Crippen LogP contribution in [-0.4, -0.2) is 37.4 Å². The maximum Gasteiger partial charge on any atom is 0.311 e. The summed E-state index contributed by atoms with van der Waals surface area (Å²) in [5.74, 6) is -1.30. The summed E-state index contributed by atoms with van der Waals surface area (Å²) in [5, 5.41) is 0. The minimum atomic E-state index is -0.418. The molecule has 6 nitrogen and oxygen atoms in total. The van der Waals surface area contributed by atoms with Crippen LogP contribution in [0.4, 0.5) is 0 Å². The van der Waals surface area contributed by atoms with Gasteiger partial charge in [0.1, 0.15) is 12.2 Å². The molecule has 0 N–H and O–H groups in total.